The van der Waals surface area contributed by atoms with E-state index in [0.717, 1.165) is 32.6 Å². The third-order valence-electron chi connectivity index (χ3n) is 3.38. The van der Waals surface area contributed by atoms with Crippen molar-refractivity contribution >= 4 is 38.6 Å². The molecule has 0 bridgehead atoms. The molecule has 1 aromatic heterocycles. The smallest absolute Gasteiger partial charge is 0.129 e. The number of nitrogens with zero attached hydrogens (tertiary/aromatic N) is 3. The fraction of sp³-hybridized carbons (Fsp3) is 0.125. The maximum Gasteiger partial charge on any atom is 0.129 e. The minimum absolute atomic E-state index is 0.303. The van der Waals surface area contributed by atoms with Crippen molar-refractivity contribution in [1.82, 2.24) is 9.55 Å². The monoisotopic (exact) mass is 359 g/mol. The largest absolute Gasteiger partial charge is 0.294 e. The summed E-state index contributed by atoms with van der Waals surface area (Å²) in [6.45, 7) is 2.04. The summed E-state index contributed by atoms with van der Waals surface area (Å²) in [5.74, 6) is 1.06. The highest BCUT2D eigenvalue weighted by molar-refractivity contribution is 9.10. The normalized spacial score (nSPS) is 10.8. The number of aryl methyl sites for hydroxylation is 1. The predicted octanol–water partition coefficient (Wildman–Crippen LogP) is 4.71. The standard InChI is InChI=1S/C16H11BrClN3/c1-10-3-2-4-13(16(10)17)21-14-7-11(9-19)5-6-12(14)20-15(21)8-18/h2-7H,8H2,1H3. The summed E-state index contributed by atoms with van der Waals surface area (Å²) >= 11 is 9.69. The van der Waals surface area contributed by atoms with Crippen LogP contribution in [0.2, 0.25) is 0 Å². The summed E-state index contributed by atoms with van der Waals surface area (Å²) in [5.41, 5.74) is 4.43. The molecule has 0 aliphatic rings. The molecule has 2 aromatic carbocycles. The molecule has 0 fully saturated rings. The van der Waals surface area contributed by atoms with Crippen LogP contribution in [0, 0.1) is 18.3 Å². The summed E-state index contributed by atoms with van der Waals surface area (Å²) in [4.78, 5) is 4.55. The van der Waals surface area contributed by atoms with Crippen molar-refractivity contribution < 1.29 is 0 Å². The van der Waals surface area contributed by atoms with Gasteiger partial charge in [0, 0.05) is 4.47 Å². The van der Waals surface area contributed by atoms with Crippen LogP contribution in [0.1, 0.15) is 17.0 Å². The first kappa shape index (κ1) is 14.1. The highest BCUT2D eigenvalue weighted by Crippen LogP contribution is 2.30. The van der Waals surface area contributed by atoms with Gasteiger partial charge >= 0.3 is 0 Å². The van der Waals surface area contributed by atoms with E-state index < -0.39 is 0 Å². The van der Waals surface area contributed by atoms with E-state index in [1.54, 1.807) is 6.07 Å². The van der Waals surface area contributed by atoms with E-state index in [9.17, 15) is 0 Å². The average Bonchev–Trinajstić information content (AvgIpc) is 2.87. The molecule has 1 heterocycles. The Morgan fingerprint density at radius 3 is 2.86 bits per heavy atom. The lowest BCUT2D eigenvalue weighted by Gasteiger charge is -2.11. The second-order valence-corrected chi connectivity index (χ2v) is 5.78. The van der Waals surface area contributed by atoms with E-state index in [-0.39, 0.29) is 0 Å². The van der Waals surface area contributed by atoms with E-state index in [1.165, 1.54) is 0 Å². The number of hydrogen-bond acceptors (Lipinski definition) is 2. The van der Waals surface area contributed by atoms with Crippen LogP contribution in [-0.2, 0) is 5.88 Å². The first-order valence-corrected chi connectivity index (χ1v) is 7.71. The Labute approximate surface area is 135 Å². The molecule has 0 atom stereocenters. The maximum atomic E-state index is 9.11. The molecule has 0 aliphatic carbocycles. The zero-order chi connectivity index (χ0) is 15.0. The number of alkyl halides is 1. The summed E-state index contributed by atoms with van der Waals surface area (Å²) in [6, 6.07) is 13.7. The topological polar surface area (TPSA) is 41.6 Å². The number of fused-ring (bicyclic) bond motifs is 1. The van der Waals surface area contributed by atoms with Crippen molar-refractivity contribution in [3.63, 3.8) is 0 Å². The third kappa shape index (κ3) is 2.33. The number of imidazole rings is 1. The van der Waals surface area contributed by atoms with Gasteiger partial charge in [-0.2, -0.15) is 5.26 Å². The molecule has 0 amide bonds. The lowest BCUT2D eigenvalue weighted by molar-refractivity contribution is 0.974. The van der Waals surface area contributed by atoms with Gasteiger partial charge in [-0.05, 0) is 52.7 Å². The van der Waals surface area contributed by atoms with Crippen LogP contribution >= 0.6 is 27.5 Å². The van der Waals surface area contributed by atoms with E-state index >= 15 is 0 Å². The van der Waals surface area contributed by atoms with Crippen LogP contribution in [-0.4, -0.2) is 9.55 Å². The Hall–Kier alpha value is -1.83. The van der Waals surface area contributed by atoms with Crippen molar-refractivity contribution in [3.8, 4) is 11.8 Å². The van der Waals surface area contributed by atoms with Gasteiger partial charge in [0.15, 0.2) is 0 Å². The molecule has 3 rings (SSSR count). The van der Waals surface area contributed by atoms with Gasteiger partial charge in [0.05, 0.1) is 34.2 Å². The molecule has 5 heteroatoms. The van der Waals surface area contributed by atoms with E-state index in [0.29, 0.717) is 11.4 Å². The maximum absolute atomic E-state index is 9.11. The van der Waals surface area contributed by atoms with Crippen molar-refractivity contribution in [1.29, 1.82) is 5.26 Å². The molecule has 0 saturated heterocycles. The van der Waals surface area contributed by atoms with E-state index in [1.807, 2.05) is 41.8 Å². The van der Waals surface area contributed by atoms with Crippen molar-refractivity contribution in [2.75, 3.05) is 0 Å². The summed E-state index contributed by atoms with van der Waals surface area (Å²) in [6.07, 6.45) is 0. The van der Waals surface area contributed by atoms with Crippen LogP contribution in [0.3, 0.4) is 0 Å². The van der Waals surface area contributed by atoms with Crippen LogP contribution in [0.4, 0.5) is 0 Å². The van der Waals surface area contributed by atoms with Gasteiger partial charge in [0.1, 0.15) is 5.82 Å². The second-order valence-electron chi connectivity index (χ2n) is 4.72. The third-order valence-corrected chi connectivity index (χ3v) is 4.66. The first-order valence-electron chi connectivity index (χ1n) is 6.38. The lowest BCUT2D eigenvalue weighted by Crippen LogP contribution is -2.01. The number of benzene rings is 2. The van der Waals surface area contributed by atoms with Crippen molar-refractivity contribution in [2.24, 2.45) is 0 Å². The van der Waals surface area contributed by atoms with Gasteiger partial charge < -0.3 is 0 Å². The molecular formula is C16H11BrClN3. The molecule has 0 radical (unpaired) electrons. The Morgan fingerprint density at radius 2 is 2.14 bits per heavy atom. The Balaban J connectivity index is 2.39. The zero-order valence-electron chi connectivity index (χ0n) is 11.3. The molecule has 0 saturated carbocycles. The summed E-state index contributed by atoms with van der Waals surface area (Å²) < 4.78 is 3.00. The highest BCUT2D eigenvalue weighted by atomic mass is 79.9. The molecule has 21 heavy (non-hydrogen) atoms. The molecule has 0 unspecified atom stereocenters. The highest BCUT2D eigenvalue weighted by Gasteiger charge is 2.15. The van der Waals surface area contributed by atoms with Gasteiger partial charge in [-0.3, -0.25) is 4.57 Å². The fourth-order valence-corrected chi connectivity index (χ4v) is 2.98. The van der Waals surface area contributed by atoms with Crippen molar-refractivity contribution in [2.45, 2.75) is 12.8 Å². The first-order chi connectivity index (χ1) is 10.2. The Bertz CT molecular complexity index is 877. The lowest BCUT2D eigenvalue weighted by atomic mass is 10.2. The van der Waals surface area contributed by atoms with E-state index in [2.05, 4.69) is 27.0 Å². The van der Waals surface area contributed by atoms with E-state index in [4.69, 9.17) is 16.9 Å². The van der Waals surface area contributed by atoms with Crippen LogP contribution in [0.5, 0.6) is 0 Å². The van der Waals surface area contributed by atoms with Crippen LogP contribution in [0.15, 0.2) is 40.9 Å². The number of halogens is 2. The number of nitriles is 1. The van der Waals surface area contributed by atoms with Gasteiger partial charge in [0.2, 0.25) is 0 Å². The van der Waals surface area contributed by atoms with Crippen LogP contribution in [0.25, 0.3) is 16.7 Å². The Morgan fingerprint density at radius 1 is 1.33 bits per heavy atom. The molecule has 0 N–H and O–H groups in total. The van der Waals surface area contributed by atoms with Gasteiger partial charge in [0.25, 0.3) is 0 Å². The van der Waals surface area contributed by atoms with Gasteiger partial charge in [-0.15, -0.1) is 11.6 Å². The quantitative estimate of drug-likeness (QED) is 0.621. The second kappa shape index (κ2) is 5.51. The number of aromatic nitrogens is 2. The van der Waals surface area contributed by atoms with Gasteiger partial charge in [-0.1, -0.05) is 12.1 Å². The molecule has 3 nitrogen and oxygen atoms in total. The van der Waals surface area contributed by atoms with Crippen molar-refractivity contribution in [3.05, 3.63) is 57.8 Å². The number of hydrogen-bond donors (Lipinski definition) is 0. The van der Waals surface area contributed by atoms with Gasteiger partial charge in [-0.25, -0.2) is 4.98 Å². The number of rotatable bonds is 2. The van der Waals surface area contributed by atoms with Crippen LogP contribution < -0.4 is 0 Å². The molecule has 3 aromatic rings. The predicted molar refractivity (Wildman–Crippen MR) is 87.8 cm³/mol. The fourth-order valence-electron chi connectivity index (χ4n) is 2.36. The average molecular weight is 361 g/mol. The molecule has 0 aliphatic heterocycles. The SMILES string of the molecule is Cc1cccc(-n2c(CCl)nc3ccc(C#N)cc32)c1Br. The summed E-state index contributed by atoms with van der Waals surface area (Å²) in [7, 11) is 0. The molecule has 0 spiro atoms. The summed E-state index contributed by atoms with van der Waals surface area (Å²) in [5, 5.41) is 9.11. The zero-order valence-corrected chi connectivity index (χ0v) is 13.6. The minimum atomic E-state index is 0.303. The Kier molecular flexibility index (Phi) is 3.71. The molecular weight excluding hydrogens is 350 g/mol. The minimum Gasteiger partial charge on any atom is -0.294 e. The molecule has 104 valence electrons.